The molecule has 4 N–H and O–H groups in total. The number of anilines is 1. The van der Waals surface area contributed by atoms with Crippen molar-refractivity contribution in [3.05, 3.63) is 22.9 Å². The number of aryl methyl sites for hydroxylation is 2. The van der Waals surface area contributed by atoms with Crippen molar-refractivity contribution in [2.75, 3.05) is 19.0 Å². The normalized spacial score (nSPS) is 15.7. The van der Waals surface area contributed by atoms with E-state index in [-0.39, 0.29) is 11.9 Å². The van der Waals surface area contributed by atoms with Gasteiger partial charge in [0.25, 0.3) is 0 Å². The third-order valence-electron chi connectivity index (χ3n) is 3.55. The molecule has 0 spiro atoms. The van der Waals surface area contributed by atoms with Crippen molar-refractivity contribution in [1.82, 2.24) is 4.98 Å². The second-order valence-electron chi connectivity index (χ2n) is 5.04. The Morgan fingerprint density at radius 3 is 2.95 bits per heavy atom. The van der Waals surface area contributed by atoms with Gasteiger partial charge in [-0.3, -0.25) is 5.41 Å². The Morgan fingerprint density at radius 2 is 2.26 bits per heavy atom. The number of hydrogen-bond acceptors (Lipinski definition) is 4. The maximum absolute atomic E-state index is 7.69. The van der Waals surface area contributed by atoms with Crippen LogP contribution in [0.2, 0.25) is 0 Å². The number of nitrogens with one attached hydrogen (secondary N) is 2. The SMILES string of the molecule is COC(C)CNc1nc2c(cc1C(=N)N)CCCC2. The molecule has 0 aromatic carbocycles. The monoisotopic (exact) mass is 262 g/mol. The minimum absolute atomic E-state index is 0.0634. The first kappa shape index (κ1) is 13.8. The summed E-state index contributed by atoms with van der Waals surface area (Å²) in [6.07, 6.45) is 4.53. The quantitative estimate of drug-likeness (QED) is 0.557. The molecule has 1 unspecified atom stereocenters. The van der Waals surface area contributed by atoms with Crippen LogP contribution in [0.4, 0.5) is 5.82 Å². The molecule has 104 valence electrons. The summed E-state index contributed by atoms with van der Waals surface area (Å²) >= 11 is 0. The zero-order valence-corrected chi connectivity index (χ0v) is 11.6. The van der Waals surface area contributed by atoms with Crippen LogP contribution in [-0.4, -0.2) is 30.6 Å². The van der Waals surface area contributed by atoms with Crippen LogP contribution in [0.1, 0.15) is 36.6 Å². The lowest BCUT2D eigenvalue weighted by atomic mass is 9.94. The minimum Gasteiger partial charge on any atom is -0.384 e. The summed E-state index contributed by atoms with van der Waals surface area (Å²) in [5, 5.41) is 10.9. The van der Waals surface area contributed by atoms with E-state index in [1.54, 1.807) is 7.11 Å². The summed E-state index contributed by atoms with van der Waals surface area (Å²) in [5.41, 5.74) is 8.74. The third kappa shape index (κ3) is 3.23. The molecule has 0 aliphatic heterocycles. The second kappa shape index (κ2) is 6.02. The van der Waals surface area contributed by atoms with Gasteiger partial charge in [-0.05, 0) is 44.2 Å². The fraction of sp³-hybridized carbons (Fsp3) is 0.571. The fourth-order valence-electron chi connectivity index (χ4n) is 2.30. The summed E-state index contributed by atoms with van der Waals surface area (Å²) in [4.78, 5) is 4.65. The summed E-state index contributed by atoms with van der Waals surface area (Å²) < 4.78 is 5.21. The molecular weight excluding hydrogens is 240 g/mol. The highest BCUT2D eigenvalue weighted by Crippen LogP contribution is 2.24. The molecule has 1 aliphatic carbocycles. The van der Waals surface area contributed by atoms with Crippen molar-refractivity contribution in [3.8, 4) is 0 Å². The first-order valence-electron chi connectivity index (χ1n) is 6.75. The average molecular weight is 262 g/mol. The number of aromatic nitrogens is 1. The number of ether oxygens (including phenoxy) is 1. The van der Waals surface area contributed by atoms with E-state index in [0.717, 1.165) is 18.5 Å². The Bertz CT molecular complexity index is 473. The number of rotatable bonds is 5. The number of methoxy groups -OCH3 is 1. The Kier molecular flexibility index (Phi) is 4.37. The van der Waals surface area contributed by atoms with E-state index in [1.165, 1.54) is 18.4 Å². The first-order chi connectivity index (χ1) is 9.11. The van der Waals surface area contributed by atoms with Crippen LogP contribution >= 0.6 is 0 Å². The summed E-state index contributed by atoms with van der Waals surface area (Å²) in [5.74, 6) is 0.769. The molecule has 0 saturated heterocycles. The lowest BCUT2D eigenvalue weighted by Gasteiger charge is -2.20. The number of amidine groups is 1. The molecule has 5 heteroatoms. The maximum Gasteiger partial charge on any atom is 0.137 e. The van der Waals surface area contributed by atoms with Gasteiger partial charge in [-0.2, -0.15) is 0 Å². The van der Waals surface area contributed by atoms with Crippen LogP contribution in [-0.2, 0) is 17.6 Å². The first-order valence-corrected chi connectivity index (χ1v) is 6.75. The van der Waals surface area contributed by atoms with Crippen LogP contribution in [0, 0.1) is 5.41 Å². The predicted octanol–water partition coefficient (Wildman–Crippen LogP) is 1.69. The molecule has 2 rings (SSSR count). The highest BCUT2D eigenvalue weighted by atomic mass is 16.5. The van der Waals surface area contributed by atoms with Crippen molar-refractivity contribution in [2.24, 2.45) is 5.73 Å². The van der Waals surface area contributed by atoms with Crippen molar-refractivity contribution >= 4 is 11.7 Å². The fourth-order valence-corrected chi connectivity index (χ4v) is 2.30. The van der Waals surface area contributed by atoms with Crippen molar-refractivity contribution in [1.29, 1.82) is 5.41 Å². The number of pyridine rings is 1. The van der Waals surface area contributed by atoms with E-state index < -0.39 is 0 Å². The third-order valence-corrected chi connectivity index (χ3v) is 3.55. The highest BCUT2D eigenvalue weighted by molar-refractivity contribution is 5.99. The van der Waals surface area contributed by atoms with Gasteiger partial charge in [0.05, 0.1) is 11.7 Å². The van der Waals surface area contributed by atoms with Gasteiger partial charge >= 0.3 is 0 Å². The Balaban J connectivity index is 2.26. The number of hydrogen-bond donors (Lipinski definition) is 3. The molecule has 1 heterocycles. The van der Waals surface area contributed by atoms with E-state index in [0.29, 0.717) is 17.9 Å². The Labute approximate surface area is 114 Å². The molecule has 0 fully saturated rings. The van der Waals surface area contributed by atoms with E-state index in [2.05, 4.69) is 10.3 Å². The van der Waals surface area contributed by atoms with E-state index >= 15 is 0 Å². The molecule has 0 radical (unpaired) electrons. The minimum atomic E-state index is 0.0634. The van der Waals surface area contributed by atoms with Crippen molar-refractivity contribution < 1.29 is 4.74 Å². The number of nitrogens with zero attached hydrogens (tertiary/aromatic N) is 1. The van der Waals surface area contributed by atoms with Gasteiger partial charge in [0.2, 0.25) is 0 Å². The summed E-state index contributed by atoms with van der Waals surface area (Å²) in [6.45, 7) is 2.64. The largest absolute Gasteiger partial charge is 0.384 e. The van der Waals surface area contributed by atoms with Gasteiger partial charge in [-0.15, -0.1) is 0 Å². The van der Waals surface area contributed by atoms with Crippen molar-refractivity contribution in [2.45, 2.75) is 38.7 Å². The van der Waals surface area contributed by atoms with E-state index in [9.17, 15) is 0 Å². The van der Waals surface area contributed by atoms with Gasteiger partial charge in [0, 0.05) is 19.3 Å². The molecule has 5 nitrogen and oxygen atoms in total. The standard InChI is InChI=1S/C14H22N4O/c1-9(19-2)8-17-14-11(13(15)16)7-10-5-3-4-6-12(10)18-14/h7,9H,3-6,8H2,1-2H3,(H3,15,16)(H,17,18). The number of fused-ring (bicyclic) bond motifs is 1. The topological polar surface area (TPSA) is 84.0 Å². The molecule has 1 aromatic heterocycles. The van der Waals surface area contributed by atoms with Crippen LogP contribution in [0.25, 0.3) is 0 Å². The lowest BCUT2D eigenvalue weighted by molar-refractivity contribution is 0.128. The van der Waals surface area contributed by atoms with Gasteiger partial charge < -0.3 is 15.8 Å². The molecule has 1 aromatic rings. The van der Waals surface area contributed by atoms with Crippen LogP contribution in [0.3, 0.4) is 0 Å². The number of nitrogen functional groups attached to an aromatic ring is 1. The zero-order chi connectivity index (χ0) is 13.8. The van der Waals surface area contributed by atoms with Gasteiger partial charge in [0.15, 0.2) is 0 Å². The molecule has 0 bridgehead atoms. The van der Waals surface area contributed by atoms with E-state index in [4.69, 9.17) is 15.9 Å². The molecule has 19 heavy (non-hydrogen) atoms. The summed E-state index contributed by atoms with van der Waals surface area (Å²) in [6, 6.07) is 2.02. The highest BCUT2D eigenvalue weighted by Gasteiger charge is 2.16. The van der Waals surface area contributed by atoms with Crippen LogP contribution < -0.4 is 11.1 Å². The van der Waals surface area contributed by atoms with Crippen molar-refractivity contribution in [3.63, 3.8) is 0 Å². The molecular formula is C14H22N4O. The van der Waals surface area contributed by atoms with Gasteiger partial charge in [0.1, 0.15) is 11.7 Å². The average Bonchev–Trinajstić information content (AvgIpc) is 2.43. The van der Waals surface area contributed by atoms with Crippen LogP contribution in [0.15, 0.2) is 6.07 Å². The maximum atomic E-state index is 7.69. The Hall–Kier alpha value is -1.62. The smallest absolute Gasteiger partial charge is 0.137 e. The Morgan fingerprint density at radius 1 is 1.53 bits per heavy atom. The van der Waals surface area contributed by atoms with E-state index in [1.807, 2.05) is 13.0 Å². The zero-order valence-electron chi connectivity index (χ0n) is 11.6. The molecule has 1 aliphatic rings. The van der Waals surface area contributed by atoms with Gasteiger partial charge in [-0.1, -0.05) is 0 Å². The van der Waals surface area contributed by atoms with Gasteiger partial charge in [-0.25, -0.2) is 4.98 Å². The number of nitrogens with two attached hydrogens (primary N) is 1. The second-order valence-corrected chi connectivity index (χ2v) is 5.04. The molecule has 0 saturated carbocycles. The summed E-state index contributed by atoms with van der Waals surface area (Å²) in [7, 11) is 1.68. The van der Waals surface area contributed by atoms with Crippen LogP contribution in [0.5, 0.6) is 0 Å². The molecule has 0 amide bonds. The lowest BCUT2D eigenvalue weighted by Crippen LogP contribution is -2.23. The molecule has 1 atom stereocenters. The predicted molar refractivity (Wildman–Crippen MR) is 76.9 cm³/mol.